The number of nitrogens with zero attached hydrogens (tertiary/aromatic N) is 3. The first kappa shape index (κ1) is 13.8. The van der Waals surface area contributed by atoms with Gasteiger partial charge in [-0.25, -0.2) is 4.68 Å². The van der Waals surface area contributed by atoms with Gasteiger partial charge >= 0.3 is 0 Å². The van der Waals surface area contributed by atoms with Gasteiger partial charge in [0.2, 0.25) is 0 Å². The summed E-state index contributed by atoms with van der Waals surface area (Å²) >= 11 is 3.58. The first-order chi connectivity index (χ1) is 10.2. The number of pyridine rings is 1. The van der Waals surface area contributed by atoms with Gasteiger partial charge in [-0.2, -0.15) is 5.10 Å². The Morgan fingerprint density at radius 3 is 3.00 bits per heavy atom. The minimum Gasteiger partial charge on any atom is -0.494 e. The molecule has 2 heterocycles. The van der Waals surface area contributed by atoms with E-state index in [0.29, 0.717) is 12.4 Å². The SMILES string of the molecule is C=C(OCC)c1cnn(-c2cccc3ncccc23)c1Br. The van der Waals surface area contributed by atoms with Crippen LogP contribution in [0.3, 0.4) is 0 Å². The van der Waals surface area contributed by atoms with Crippen molar-refractivity contribution < 1.29 is 4.74 Å². The summed E-state index contributed by atoms with van der Waals surface area (Å²) in [6.45, 7) is 6.44. The summed E-state index contributed by atoms with van der Waals surface area (Å²) in [4.78, 5) is 4.37. The van der Waals surface area contributed by atoms with Crippen molar-refractivity contribution >= 4 is 32.6 Å². The van der Waals surface area contributed by atoms with E-state index in [9.17, 15) is 0 Å². The predicted molar refractivity (Wildman–Crippen MR) is 87.2 cm³/mol. The summed E-state index contributed by atoms with van der Waals surface area (Å²) < 4.78 is 8.10. The summed E-state index contributed by atoms with van der Waals surface area (Å²) in [6.07, 6.45) is 3.53. The van der Waals surface area contributed by atoms with Crippen LogP contribution in [0.25, 0.3) is 22.3 Å². The van der Waals surface area contributed by atoms with E-state index in [1.54, 1.807) is 12.4 Å². The van der Waals surface area contributed by atoms with Crippen LogP contribution in [0.5, 0.6) is 0 Å². The second kappa shape index (κ2) is 5.69. The van der Waals surface area contributed by atoms with E-state index in [-0.39, 0.29) is 0 Å². The molecule has 106 valence electrons. The van der Waals surface area contributed by atoms with Crippen LogP contribution in [0.4, 0.5) is 0 Å². The first-order valence-electron chi connectivity index (χ1n) is 6.62. The maximum absolute atomic E-state index is 5.46. The highest BCUT2D eigenvalue weighted by Crippen LogP contribution is 2.29. The molecule has 2 aromatic heterocycles. The van der Waals surface area contributed by atoms with E-state index in [2.05, 4.69) is 32.6 Å². The third kappa shape index (κ3) is 2.45. The van der Waals surface area contributed by atoms with Crippen molar-refractivity contribution in [2.75, 3.05) is 6.61 Å². The number of ether oxygens (including phenoxy) is 1. The Hall–Kier alpha value is -2.14. The molecule has 0 spiro atoms. The van der Waals surface area contributed by atoms with Crippen molar-refractivity contribution in [3.05, 3.63) is 59.5 Å². The highest BCUT2D eigenvalue weighted by atomic mass is 79.9. The topological polar surface area (TPSA) is 39.9 Å². The monoisotopic (exact) mass is 343 g/mol. The van der Waals surface area contributed by atoms with Crippen molar-refractivity contribution in [1.29, 1.82) is 0 Å². The average Bonchev–Trinajstić information content (AvgIpc) is 2.88. The average molecular weight is 344 g/mol. The Bertz CT molecular complexity index is 805. The fourth-order valence-corrected chi connectivity index (χ4v) is 2.82. The van der Waals surface area contributed by atoms with E-state index < -0.39 is 0 Å². The maximum atomic E-state index is 5.46. The first-order valence-corrected chi connectivity index (χ1v) is 7.41. The highest BCUT2D eigenvalue weighted by molar-refractivity contribution is 9.10. The zero-order valence-electron chi connectivity index (χ0n) is 11.6. The Labute approximate surface area is 131 Å². The van der Waals surface area contributed by atoms with Gasteiger partial charge < -0.3 is 4.74 Å². The molecular formula is C16H14BrN3O. The van der Waals surface area contributed by atoms with Crippen molar-refractivity contribution in [3.63, 3.8) is 0 Å². The highest BCUT2D eigenvalue weighted by Gasteiger charge is 2.14. The fraction of sp³-hybridized carbons (Fsp3) is 0.125. The van der Waals surface area contributed by atoms with Gasteiger partial charge in [-0.3, -0.25) is 4.98 Å². The number of aromatic nitrogens is 3. The predicted octanol–water partition coefficient (Wildman–Crippen LogP) is 4.19. The third-order valence-corrected chi connectivity index (χ3v) is 3.94. The van der Waals surface area contributed by atoms with Gasteiger partial charge in [-0.1, -0.05) is 12.6 Å². The normalized spacial score (nSPS) is 10.8. The molecule has 5 heteroatoms. The summed E-state index contributed by atoms with van der Waals surface area (Å²) in [7, 11) is 0. The molecule has 0 radical (unpaired) electrons. The van der Waals surface area contributed by atoms with E-state index in [1.165, 1.54) is 0 Å². The van der Waals surface area contributed by atoms with Gasteiger partial charge in [0.05, 0.1) is 29.6 Å². The lowest BCUT2D eigenvalue weighted by Crippen LogP contribution is -1.98. The van der Waals surface area contributed by atoms with Gasteiger partial charge in [0.25, 0.3) is 0 Å². The molecule has 21 heavy (non-hydrogen) atoms. The summed E-state index contributed by atoms with van der Waals surface area (Å²) in [5.41, 5.74) is 2.74. The molecule has 0 atom stereocenters. The molecule has 0 saturated carbocycles. The molecule has 0 aliphatic heterocycles. The smallest absolute Gasteiger partial charge is 0.123 e. The van der Waals surface area contributed by atoms with E-state index >= 15 is 0 Å². The van der Waals surface area contributed by atoms with Gasteiger partial charge in [0.15, 0.2) is 0 Å². The van der Waals surface area contributed by atoms with Crippen LogP contribution < -0.4 is 0 Å². The van der Waals surface area contributed by atoms with Crippen LogP contribution in [-0.4, -0.2) is 21.4 Å². The lowest BCUT2D eigenvalue weighted by Gasteiger charge is -2.09. The molecule has 0 amide bonds. The Balaban J connectivity index is 2.14. The lowest BCUT2D eigenvalue weighted by atomic mass is 10.2. The zero-order valence-corrected chi connectivity index (χ0v) is 13.2. The van der Waals surface area contributed by atoms with Crippen LogP contribution in [0, 0.1) is 0 Å². The molecular weight excluding hydrogens is 330 g/mol. The Morgan fingerprint density at radius 2 is 2.19 bits per heavy atom. The quantitative estimate of drug-likeness (QED) is 0.667. The zero-order chi connectivity index (χ0) is 14.8. The van der Waals surface area contributed by atoms with Gasteiger partial charge in [-0.15, -0.1) is 0 Å². The Kier molecular flexibility index (Phi) is 3.75. The molecule has 0 saturated heterocycles. The molecule has 0 aliphatic rings. The van der Waals surface area contributed by atoms with Crippen LogP contribution in [0.1, 0.15) is 12.5 Å². The minimum atomic E-state index is 0.578. The van der Waals surface area contributed by atoms with Crippen molar-refractivity contribution in [1.82, 2.24) is 14.8 Å². The second-order valence-electron chi connectivity index (χ2n) is 4.46. The molecule has 0 N–H and O–H groups in total. The molecule has 4 nitrogen and oxygen atoms in total. The molecule has 1 aromatic carbocycles. The van der Waals surface area contributed by atoms with Gasteiger partial charge in [0, 0.05) is 11.6 Å². The number of rotatable bonds is 4. The summed E-state index contributed by atoms with van der Waals surface area (Å²) in [5.74, 6) is 0.606. The van der Waals surface area contributed by atoms with Gasteiger partial charge in [0.1, 0.15) is 10.4 Å². The molecule has 0 fully saturated rings. The third-order valence-electron chi connectivity index (χ3n) is 3.18. The van der Waals surface area contributed by atoms with Crippen molar-refractivity contribution in [2.45, 2.75) is 6.92 Å². The minimum absolute atomic E-state index is 0.578. The summed E-state index contributed by atoms with van der Waals surface area (Å²) in [6, 6.07) is 9.91. The lowest BCUT2D eigenvalue weighted by molar-refractivity contribution is 0.299. The number of halogens is 1. The summed E-state index contributed by atoms with van der Waals surface area (Å²) in [5, 5.41) is 5.48. The molecule has 0 bridgehead atoms. The van der Waals surface area contributed by atoms with Gasteiger partial charge in [-0.05, 0) is 47.1 Å². The van der Waals surface area contributed by atoms with Crippen molar-refractivity contribution in [3.8, 4) is 5.69 Å². The number of fused-ring (bicyclic) bond motifs is 1. The number of hydrogen-bond acceptors (Lipinski definition) is 3. The molecule has 3 rings (SSSR count). The van der Waals surface area contributed by atoms with E-state index in [0.717, 1.165) is 26.8 Å². The standard InChI is InChI=1S/C16H14BrN3O/c1-3-21-11(2)13-10-19-20(16(13)17)15-8-4-7-14-12(15)6-5-9-18-14/h4-10H,2-3H2,1H3. The largest absolute Gasteiger partial charge is 0.494 e. The van der Waals surface area contributed by atoms with E-state index in [4.69, 9.17) is 4.74 Å². The number of benzene rings is 1. The maximum Gasteiger partial charge on any atom is 0.123 e. The molecule has 3 aromatic rings. The van der Waals surface area contributed by atoms with Crippen LogP contribution in [0.15, 0.2) is 53.9 Å². The molecule has 0 aliphatic carbocycles. The van der Waals surface area contributed by atoms with Crippen LogP contribution in [-0.2, 0) is 4.74 Å². The second-order valence-corrected chi connectivity index (χ2v) is 5.22. The van der Waals surface area contributed by atoms with Crippen LogP contribution >= 0.6 is 15.9 Å². The van der Waals surface area contributed by atoms with E-state index in [1.807, 2.05) is 41.9 Å². The Morgan fingerprint density at radius 1 is 1.33 bits per heavy atom. The van der Waals surface area contributed by atoms with Crippen LogP contribution in [0.2, 0.25) is 0 Å². The van der Waals surface area contributed by atoms with Crippen molar-refractivity contribution in [2.24, 2.45) is 0 Å². The fourth-order valence-electron chi connectivity index (χ4n) is 2.21. The molecule has 0 unspecified atom stereocenters. The number of hydrogen-bond donors (Lipinski definition) is 0.